The van der Waals surface area contributed by atoms with Gasteiger partial charge in [-0.15, -0.1) is 0 Å². The van der Waals surface area contributed by atoms with Crippen LogP contribution in [0.15, 0.2) is 42.5 Å². The van der Waals surface area contributed by atoms with E-state index in [9.17, 15) is 22.8 Å². The minimum Gasteiger partial charge on any atom is -0.449 e. The number of hydrogen-bond donors (Lipinski definition) is 1. The second-order valence-electron chi connectivity index (χ2n) is 6.80. The van der Waals surface area contributed by atoms with Crippen LogP contribution in [0.25, 0.3) is 6.08 Å². The van der Waals surface area contributed by atoms with Gasteiger partial charge in [0.05, 0.1) is 5.56 Å². The van der Waals surface area contributed by atoms with E-state index in [1.54, 1.807) is 0 Å². The number of esters is 1. The Kier molecular flexibility index (Phi) is 6.84. The summed E-state index contributed by atoms with van der Waals surface area (Å²) in [6, 6.07) is 8.20. The molecule has 2 aromatic carbocycles. The Bertz CT molecular complexity index is 908. The zero-order valence-electron chi connectivity index (χ0n) is 16.6. The van der Waals surface area contributed by atoms with E-state index in [2.05, 4.69) is 5.32 Å². The van der Waals surface area contributed by atoms with E-state index in [1.807, 2.05) is 32.9 Å². The number of aryl methyl sites for hydroxylation is 3. The number of carbonyl (C=O) groups excluding carboxylic acids is 2. The molecule has 1 amide bonds. The molecular weight excluding hydrogens is 383 g/mol. The van der Waals surface area contributed by atoms with E-state index in [0.29, 0.717) is 11.3 Å². The third-order valence-corrected chi connectivity index (χ3v) is 4.24. The van der Waals surface area contributed by atoms with Crippen molar-refractivity contribution in [2.45, 2.75) is 40.0 Å². The zero-order chi connectivity index (χ0) is 21.8. The van der Waals surface area contributed by atoms with Gasteiger partial charge in [-0.1, -0.05) is 29.8 Å². The zero-order valence-corrected chi connectivity index (χ0v) is 16.6. The van der Waals surface area contributed by atoms with E-state index >= 15 is 0 Å². The van der Waals surface area contributed by atoms with Gasteiger partial charge in [0, 0.05) is 11.8 Å². The molecule has 2 aromatic rings. The van der Waals surface area contributed by atoms with Crippen LogP contribution in [-0.4, -0.2) is 18.0 Å². The number of amides is 1. The summed E-state index contributed by atoms with van der Waals surface area (Å²) in [5.74, 6) is -1.25. The number of hydrogen-bond acceptors (Lipinski definition) is 3. The van der Waals surface area contributed by atoms with Crippen LogP contribution >= 0.6 is 0 Å². The quantitative estimate of drug-likeness (QED) is 0.549. The van der Waals surface area contributed by atoms with Crippen molar-refractivity contribution in [1.82, 2.24) is 0 Å². The second kappa shape index (κ2) is 8.94. The Morgan fingerprint density at radius 2 is 1.59 bits per heavy atom. The lowest BCUT2D eigenvalue weighted by molar-refractivity contribution is -0.148. The molecule has 0 aliphatic carbocycles. The van der Waals surface area contributed by atoms with Crippen molar-refractivity contribution in [2.75, 3.05) is 5.32 Å². The molecule has 0 aliphatic rings. The van der Waals surface area contributed by atoms with Crippen molar-refractivity contribution < 1.29 is 27.5 Å². The Morgan fingerprint density at radius 3 is 2.10 bits per heavy atom. The number of benzene rings is 2. The van der Waals surface area contributed by atoms with Gasteiger partial charge in [0.1, 0.15) is 0 Å². The molecule has 0 saturated heterocycles. The topological polar surface area (TPSA) is 55.4 Å². The van der Waals surface area contributed by atoms with Crippen molar-refractivity contribution in [3.63, 3.8) is 0 Å². The number of rotatable bonds is 5. The third kappa shape index (κ3) is 6.20. The average molecular weight is 405 g/mol. The van der Waals surface area contributed by atoms with Gasteiger partial charge in [0.25, 0.3) is 5.91 Å². The lowest BCUT2D eigenvalue weighted by atomic mass is 10.0. The number of halogens is 3. The standard InChI is InChI=1S/C22H22F3NO3/c1-13-11-14(2)20(15(3)12-13)26-21(28)16(4)29-19(27)10-7-17-5-8-18(9-6-17)22(23,24)25/h5-12,16H,1-4H3,(H,26,28)/b10-7+/t16-/m0/s1. The molecule has 1 atom stereocenters. The first-order valence-corrected chi connectivity index (χ1v) is 8.92. The highest BCUT2D eigenvalue weighted by atomic mass is 19.4. The largest absolute Gasteiger partial charge is 0.449 e. The van der Waals surface area contributed by atoms with Crippen LogP contribution in [0, 0.1) is 20.8 Å². The smallest absolute Gasteiger partial charge is 0.416 e. The van der Waals surface area contributed by atoms with Gasteiger partial charge in [-0.25, -0.2) is 4.79 Å². The van der Waals surface area contributed by atoms with Crippen molar-refractivity contribution in [1.29, 1.82) is 0 Å². The predicted octanol–water partition coefficient (Wildman–Crippen LogP) is 5.21. The van der Waals surface area contributed by atoms with E-state index in [-0.39, 0.29) is 0 Å². The molecule has 2 rings (SSSR count). The van der Waals surface area contributed by atoms with E-state index < -0.39 is 29.7 Å². The number of ether oxygens (including phenoxy) is 1. The molecule has 0 aromatic heterocycles. The molecule has 0 radical (unpaired) electrons. The molecule has 7 heteroatoms. The molecule has 0 bridgehead atoms. The summed E-state index contributed by atoms with van der Waals surface area (Å²) in [5, 5.41) is 2.76. The first-order chi connectivity index (χ1) is 13.5. The Balaban J connectivity index is 1.96. The minimum absolute atomic E-state index is 0.401. The molecule has 0 saturated carbocycles. The molecule has 0 fully saturated rings. The summed E-state index contributed by atoms with van der Waals surface area (Å²) >= 11 is 0. The maximum Gasteiger partial charge on any atom is 0.416 e. The van der Waals surface area contributed by atoms with Crippen LogP contribution in [0.3, 0.4) is 0 Å². The molecule has 0 aliphatic heterocycles. The fraction of sp³-hybridized carbons (Fsp3) is 0.273. The molecular formula is C22H22F3NO3. The van der Waals surface area contributed by atoms with Crippen LogP contribution in [0.2, 0.25) is 0 Å². The monoisotopic (exact) mass is 405 g/mol. The number of carbonyl (C=O) groups is 2. The molecule has 0 heterocycles. The van der Waals surface area contributed by atoms with Gasteiger partial charge >= 0.3 is 12.1 Å². The highest BCUT2D eigenvalue weighted by molar-refractivity contribution is 5.97. The van der Waals surface area contributed by atoms with Crippen LogP contribution in [0.1, 0.15) is 34.7 Å². The van der Waals surface area contributed by atoms with Gasteiger partial charge in [-0.3, -0.25) is 4.79 Å². The minimum atomic E-state index is -4.42. The average Bonchev–Trinajstić information content (AvgIpc) is 2.62. The number of anilines is 1. The number of nitrogens with one attached hydrogen (secondary N) is 1. The van der Waals surface area contributed by atoms with Crippen LogP contribution in [-0.2, 0) is 20.5 Å². The van der Waals surface area contributed by atoms with E-state index in [4.69, 9.17) is 4.74 Å². The predicted molar refractivity (Wildman–Crippen MR) is 105 cm³/mol. The SMILES string of the molecule is Cc1cc(C)c(NC(=O)[C@H](C)OC(=O)/C=C/c2ccc(C(F)(F)F)cc2)c(C)c1. The highest BCUT2D eigenvalue weighted by Crippen LogP contribution is 2.29. The van der Waals surface area contributed by atoms with Crippen LogP contribution < -0.4 is 5.32 Å². The lowest BCUT2D eigenvalue weighted by Gasteiger charge is -2.16. The molecule has 4 nitrogen and oxygen atoms in total. The maximum absolute atomic E-state index is 12.5. The summed E-state index contributed by atoms with van der Waals surface area (Å²) < 4.78 is 42.7. The van der Waals surface area contributed by atoms with Crippen LogP contribution in [0.5, 0.6) is 0 Å². The van der Waals surface area contributed by atoms with Crippen LogP contribution in [0.4, 0.5) is 18.9 Å². The Morgan fingerprint density at radius 1 is 1.03 bits per heavy atom. The normalized spacial score (nSPS) is 12.7. The van der Waals surface area contributed by atoms with Gasteiger partial charge in [-0.05, 0) is 62.6 Å². The molecule has 0 unspecified atom stereocenters. The van der Waals surface area contributed by atoms with Gasteiger partial charge in [0.15, 0.2) is 6.10 Å². The first-order valence-electron chi connectivity index (χ1n) is 8.92. The first kappa shape index (κ1) is 22.2. The summed E-state index contributed by atoms with van der Waals surface area (Å²) in [7, 11) is 0. The van der Waals surface area contributed by atoms with Crippen molar-refractivity contribution in [2.24, 2.45) is 0 Å². The van der Waals surface area contributed by atoms with E-state index in [1.165, 1.54) is 25.1 Å². The molecule has 154 valence electrons. The summed E-state index contributed by atoms with van der Waals surface area (Å²) in [6.07, 6.45) is -3.08. The molecule has 1 N–H and O–H groups in total. The summed E-state index contributed by atoms with van der Waals surface area (Å²) in [4.78, 5) is 24.2. The van der Waals surface area contributed by atoms with Crippen molar-refractivity contribution in [3.05, 3.63) is 70.3 Å². The second-order valence-corrected chi connectivity index (χ2v) is 6.80. The fourth-order valence-electron chi connectivity index (χ4n) is 2.82. The summed E-state index contributed by atoms with van der Waals surface area (Å²) in [6.45, 7) is 7.15. The van der Waals surface area contributed by atoms with Gasteiger partial charge in [0.2, 0.25) is 0 Å². The Hall–Kier alpha value is -3.09. The van der Waals surface area contributed by atoms with Crippen molar-refractivity contribution in [3.8, 4) is 0 Å². The van der Waals surface area contributed by atoms with Gasteiger partial charge in [-0.2, -0.15) is 13.2 Å². The lowest BCUT2D eigenvalue weighted by Crippen LogP contribution is -2.30. The van der Waals surface area contributed by atoms with Crippen molar-refractivity contribution >= 4 is 23.6 Å². The van der Waals surface area contributed by atoms with Gasteiger partial charge < -0.3 is 10.1 Å². The molecule has 0 spiro atoms. The number of alkyl halides is 3. The third-order valence-electron chi connectivity index (χ3n) is 4.24. The van der Waals surface area contributed by atoms with E-state index in [0.717, 1.165) is 34.9 Å². The fourth-order valence-corrected chi connectivity index (χ4v) is 2.82. The summed E-state index contributed by atoms with van der Waals surface area (Å²) in [5.41, 5.74) is 3.17. The molecule has 29 heavy (non-hydrogen) atoms. The Labute approximate surface area is 167 Å². The maximum atomic E-state index is 12.5. The highest BCUT2D eigenvalue weighted by Gasteiger charge is 2.29.